The molecule has 0 amide bonds. The molecule has 29 heavy (non-hydrogen) atoms. The maximum atomic E-state index is 13.8. The van der Waals surface area contributed by atoms with E-state index < -0.39 is 29.6 Å². The lowest BCUT2D eigenvalue weighted by atomic mass is 9.87. The van der Waals surface area contributed by atoms with Gasteiger partial charge in [0.1, 0.15) is 12.2 Å². The molecule has 1 heterocycles. The first-order valence-corrected chi connectivity index (χ1v) is 10.4. The number of ether oxygens (including phenoxy) is 1. The van der Waals surface area contributed by atoms with Crippen molar-refractivity contribution < 1.29 is 23.4 Å². The molecule has 158 valence electrons. The fourth-order valence-corrected chi connectivity index (χ4v) is 5.20. The highest BCUT2D eigenvalue weighted by Gasteiger charge is 2.38. The lowest BCUT2D eigenvalue weighted by Gasteiger charge is -2.25. The predicted octanol–water partition coefficient (Wildman–Crippen LogP) is 4.06. The van der Waals surface area contributed by atoms with Gasteiger partial charge in [-0.05, 0) is 50.8 Å². The van der Waals surface area contributed by atoms with E-state index in [0.717, 1.165) is 35.4 Å². The second-order valence-electron chi connectivity index (χ2n) is 7.58. The van der Waals surface area contributed by atoms with Gasteiger partial charge >= 0.3 is 0 Å². The molecule has 2 aliphatic carbocycles. The number of para-hydroxylation sites is 1. The standard InChI is InChI=1S/C21H23F2NO3S.ClH/c1-11-9-13-18(28-11)8-5-12(19(13)25)10-24-16-6-7-17(20(16)26)27-21-14(22)3-2-4-15(21)23;/h2-4,9,12,16-17,20,24,26H,5-8,10H2,1H3;1H/t12?,16-,17-,20-;/m1./s1. The number of ketones is 1. The van der Waals surface area contributed by atoms with Gasteiger partial charge in [-0.3, -0.25) is 4.79 Å². The van der Waals surface area contributed by atoms with Crippen LogP contribution in [0.15, 0.2) is 24.3 Å². The van der Waals surface area contributed by atoms with Crippen LogP contribution in [0, 0.1) is 24.5 Å². The number of Topliss-reactive ketones (excluding diaryl/α,β-unsaturated/α-hetero) is 1. The van der Waals surface area contributed by atoms with Crippen molar-refractivity contribution in [2.75, 3.05) is 6.54 Å². The topological polar surface area (TPSA) is 58.6 Å². The zero-order valence-corrected chi connectivity index (χ0v) is 17.6. The average molecular weight is 444 g/mol. The first-order chi connectivity index (χ1) is 13.4. The summed E-state index contributed by atoms with van der Waals surface area (Å²) in [6.45, 7) is 2.49. The third kappa shape index (κ3) is 4.48. The van der Waals surface area contributed by atoms with Crippen molar-refractivity contribution in [1.82, 2.24) is 5.32 Å². The van der Waals surface area contributed by atoms with E-state index in [4.69, 9.17) is 4.74 Å². The molecule has 0 aliphatic heterocycles. The zero-order valence-electron chi connectivity index (χ0n) is 16.0. The molecule has 0 bridgehead atoms. The normalized spacial score (nSPS) is 26.1. The summed E-state index contributed by atoms with van der Waals surface area (Å²) in [5, 5.41) is 13.8. The number of carbonyl (C=O) groups is 1. The van der Waals surface area contributed by atoms with Crippen LogP contribution in [0.1, 0.15) is 39.4 Å². The number of hydrogen-bond acceptors (Lipinski definition) is 5. The average Bonchev–Trinajstić information content (AvgIpc) is 3.21. The first-order valence-electron chi connectivity index (χ1n) is 9.59. The van der Waals surface area contributed by atoms with Crippen LogP contribution in [0.4, 0.5) is 8.78 Å². The Morgan fingerprint density at radius 3 is 2.69 bits per heavy atom. The van der Waals surface area contributed by atoms with Crippen LogP contribution in [0.3, 0.4) is 0 Å². The van der Waals surface area contributed by atoms with Gasteiger partial charge in [0.15, 0.2) is 23.2 Å². The number of aryl methyl sites for hydroxylation is 2. The van der Waals surface area contributed by atoms with Gasteiger partial charge < -0.3 is 15.2 Å². The van der Waals surface area contributed by atoms with Crippen molar-refractivity contribution in [3.63, 3.8) is 0 Å². The zero-order chi connectivity index (χ0) is 19.8. The van der Waals surface area contributed by atoms with E-state index in [1.54, 1.807) is 11.3 Å². The largest absolute Gasteiger partial charge is 0.482 e. The van der Waals surface area contributed by atoms with Crippen molar-refractivity contribution in [2.24, 2.45) is 5.92 Å². The molecular weight excluding hydrogens is 420 g/mol. The maximum absolute atomic E-state index is 13.8. The van der Waals surface area contributed by atoms with Crippen LogP contribution in [-0.2, 0) is 6.42 Å². The summed E-state index contributed by atoms with van der Waals surface area (Å²) in [4.78, 5) is 15.0. The van der Waals surface area contributed by atoms with E-state index in [2.05, 4.69) is 5.32 Å². The van der Waals surface area contributed by atoms with Crippen molar-refractivity contribution in [1.29, 1.82) is 0 Å². The smallest absolute Gasteiger partial charge is 0.191 e. The molecule has 1 unspecified atom stereocenters. The predicted molar refractivity (Wildman–Crippen MR) is 110 cm³/mol. The Balaban J connectivity index is 0.00000240. The minimum atomic E-state index is -0.892. The number of benzene rings is 1. The summed E-state index contributed by atoms with van der Waals surface area (Å²) in [6.07, 6.45) is 1.22. The van der Waals surface area contributed by atoms with Crippen LogP contribution in [0.2, 0.25) is 0 Å². The summed E-state index contributed by atoms with van der Waals surface area (Å²) in [5.74, 6) is -1.96. The number of rotatable bonds is 5. The Labute approximate surface area is 178 Å². The lowest BCUT2D eigenvalue weighted by Crippen LogP contribution is -2.44. The fraction of sp³-hybridized carbons (Fsp3) is 0.476. The minimum Gasteiger partial charge on any atom is -0.482 e. The van der Waals surface area contributed by atoms with Gasteiger partial charge in [-0.1, -0.05) is 6.07 Å². The molecular formula is C21H24ClF2NO3S. The van der Waals surface area contributed by atoms with Gasteiger partial charge in [0, 0.05) is 33.8 Å². The molecule has 0 radical (unpaired) electrons. The second-order valence-corrected chi connectivity index (χ2v) is 8.92. The molecule has 2 aliphatic rings. The molecule has 4 atom stereocenters. The first kappa shape index (κ1) is 22.2. The minimum absolute atomic E-state index is 0. The van der Waals surface area contributed by atoms with E-state index in [0.29, 0.717) is 19.4 Å². The molecule has 0 spiro atoms. The monoisotopic (exact) mass is 443 g/mol. The third-order valence-electron chi connectivity index (χ3n) is 5.66. The Kier molecular flexibility index (Phi) is 6.94. The molecule has 2 N–H and O–H groups in total. The maximum Gasteiger partial charge on any atom is 0.191 e. The van der Waals surface area contributed by atoms with Crippen LogP contribution < -0.4 is 10.1 Å². The van der Waals surface area contributed by atoms with Gasteiger partial charge in [-0.15, -0.1) is 23.7 Å². The van der Waals surface area contributed by atoms with E-state index in [1.807, 2.05) is 13.0 Å². The quantitative estimate of drug-likeness (QED) is 0.731. The highest BCUT2D eigenvalue weighted by atomic mass is 35.5. The molecule has 1 aromatic heterocycles. The molecule has 1 fully saturated rings. The SMILES string of the molecule is Cc1cc2c(s1)CCC(CN[C@@H]1CC[C@@H](Oc3c(F)cccc3F)[C@@H]1O)C2=O.Cl. The number of carbonyl (C=O) groups excluding carboxylic acids is 1. The van der Waals surface area contributed by atoms with Crippen molar-refractivity contribution in [2.45, 2.75) is 50.9 Å². The molecule has 8 heteroatoms. The van der Waals surface area contributed by atoms with Crippen molar-refractivity contribution >= 4 is 29.5 Å². The van der Waals surface area contributed by atoms with Gasteiger partial charge in [0.25, 0.3) is 0 Å². The Bertz CT molecular complexity index is 871. The molecule has 1 aromatic carbocycles. The molecule has 2 aromatic rings. The highest BCUT2D eigenvalue weighted by Crippen LogP contribution is 2.33. The Hall–Kier alpha value is -1.54. The number of aliphatic hydroxyl groups is 1. The van der Waals surface area contributed by atoms with Gasteiger partial charge in [0.2, 0.25) is 0 Å². The van der Waals surface area contributed by atoms with Crippen LogP contribution in [-0.4, -0.2) is 35.7 Å². The second kappa shape index (κ2) is 9.08. The van der Waals surface area contributed by atoms with E-state index in [1.165, 1.54) is 10.9 Å². The van der Waals surface area contributed by atoms with E-state index in [-0.39, 0.29) is 30.2 Å². The molecule has 4 nitrogen and oxygen atoms in total. The van der Waals surface area contributed by atoms with Crippen molar-refractivity contribution in [3.8, 4) is 5.75 Å². The van der Waals surface area contributed by atoms with Crippen molar-refractivity contribution in [3.05, 3.63) is 51.2 Å². The number of aliphatic hydroxyl groups excluding tert-OH is 1. The molecule has 0 saturated heterocycles. The van der Waals surface area contributed by atoms with Gasteiger partial charge in [-0.25, -0.2) is 8.78 Å². The number of halogens is 3. The molecule has 4 rings (SSSR count). The Morgan fingerprint density at radius 1 is 1.24 bits per heavy atom. The van der Waals surface area contributed by atoms with E-state index in [9.17, 15) is 18.7 Å². The third-order valence-corrected chi connectivity index (χ3v) is 6.77. The number of hydrogen-bond donors (Lipinski definition) is 2. The van der Waals surface area contributed by atoms with Gasteiger partial charge in [-0.2, -0.15) is 0 Å². The van der Waals surface area contributed by atoms with E-state index >= 15 is 0 Å². The summed E-state index contributed by atoms with van der Waals surface area (Å²) in [6, 6.07) is 5.23. The highest BCUT2D eigenvalue weighted by molar-refractivity contribution is 7.12. The molecule has 1 saturated carbocycles. The summed E-state index contributed by atoms with van der Waals surface area (Å²) < 4.78 is 33.0. The summed E-state index contributed by atoms with van der Waals surface area (Å²) in [5.41, 5.74) is 0.837. The summed E-state index contributed by atoms with van der Waals surface area (Å²) >= 11 is 1.68. The lowest BCUT2D eigenvalue weighted by molar-refractivity contribution is 0.0398. The Morgan fingerprint density at radius 2 is 1.97 bits per heavy atom. The number of nitrogens with one attached hydrogen (secondary N) is 1. The van der Waals surface area contributed by atoms with Crippen LogP contribution >= 0.6 is 23.7 Å². The summed E-state index contributed by atoms with van der Waals surface area (Å²) in [7, 11) is 0. The fourth-order valence-electron chi connectivity index (χ4n) is 4.14. The number of fused-ring (bicyclic) bond motifs is 1. The van der Waals surface area contributed by atoms with Crippen LogP contribution in [0.25, 0.3) is 0 Å². The van der Waals surface area contributed by atoms with Crippen LogP contribution in [0.5, 0.6) is 5.75 Å². The van der Waals surface area contributed by atoms with Gasteiger partial charge in [0.05, 0.1) is 0 Å². The number of thiophene rings is 1.